The Balaban J connectivity index is 1.36. The molecule has 4 nitrogen and oxygen atoms in total. The number of hydrogen-bond acceptors (Lipinski definition) is 2. The van der Waals surface area contributed by atoms with Gasteiger partial charge in [0.1, 0.15) is 0 Å². The van der Waals surface area contributed by atoms with Gasteiger partial charge in [0.15, 0.2) is 0 Å². The normalized spacial score (nSPS) is 40.8. The van der Waals surface area contributed by atoms with Crippen LogP contribution in [0, 0.1) is 17.8 Å². The smallest absolute Gasteiger partial charge is 0.320 e. The highest BCUT2D eigenvalue weighted by Gasteiger charge is 2.57. The Hall–Kier alpha value is -1.55. The number of rotatable bonds is 3. The molecule has 1 aromatic rings. The first-order chi connectivity index (χ1) is 12.0. The molecule has 4 saturated carbocycles. The van der Waals surface area contributed by atoms with Gasteiger partial charge in [-0.25, -0.2) is 4.79 Å². The number of carbonyl (C=O) groups excluding carboxylic acids is 1. The molecular weight excluding hydrogens is 312 g/mol. The number of amides is 2. The van der Waals surface area contributed by atoms with E-state index in [0.717, 1.165) is 32.4 Å². The van der Waals surface area contributed by atoms with Crippen LogP contribution in [0.4, 0.5) is 4.79 Å². The van der Waals surface area contributed by atoms with Crippen LogP contribution in [0.15, 0.2) is 30.3 Å². The standard InChI is InChI=1S/C21H28N2O2/c1-14(16-5-3-2-4-6-16)22-7-8-23(20(22)24)19-17-9-15-10-18(19)13-21(25,11-15)12-17/h2-6,14-15,17-19,25H,7-13H2,1H3/t14-,15?,17?,18?,19?,21?/m0/s1. The first kappa shape index (κ1) is 15.7. The highest BCUT2D eigenvalue weighted by Crippen LogP contribution is 2.57. The lowest BCUT2D eigenvalue weighted by atomic mass is 9.52. The summed E-state index contributed by atoms with van der Waals surface area (Å²) in [7, 11) is 0. The van der Waals surface area contributed by atoms with E-state index in [1.807, 2.05) is 23.1 Å². The number of benzene rings is 1. The van der Waals surface area contributed by atoms with Crippen LogP contribution < -0.4 is 0 Å². The molecule has 4 bridgehead atoms. The summed E-state index contributed by atoms with van der Waals surface area (Å²) in [5.41, 5.74) is 0.782. The second-order valence-corrected chi connectivity index (χ2v) is 8.94. The zero-order chi connectivity index (χ0) is 17.2. The van der Waals surface area contributed by atoms with Crippen LogP contribution >= 0.6 is 0 Å². The van der Waals surface area contributed by atoms with Crippen molar-refractivity contribution < 1.29 is 9.90 Å². The van der Waals surface area contributed by atoms with Crippen molar-refractivity contribution in [1.29, 1.82) is 0 Å². The van der Waals surface area contributed by atoms with Crippen molar-refractivity contribution in [2.45, 2.75) is 56.7 Å². The highest BCUT2D eigenvalue weighted by molar-refractivity contribution is 5.77. The number of hydrogen-bond donors (Lipinski definition) is 1. The van der Waals surface area contributed by atoms with Crippen molar-refractivity contribution >= 4 is 6.03 Å². The van der Waals surface area contributed by atoms with Crippen molar-refractivity contribution in [3.05, 3.63) is 35.9 Å². The van der Waals surface area contributed by atoms with Gasteiger partial charge in [0.2, 0.25) is 0 Å². The predicted octanol–water partition coefficient (Wildman–Crippen LogP) is 3.42. The van der Waals surface area contributed by atoms with Crippen molar-refractivity contribution in [2.75, 3.05) is 13.1 Å². The molecule has 2 amide bonds. The fraction of sp³-hybridized carbons (Fsp3) is 0.667. The molecule has 134 valence electrons. The Morgan fingerprint density at radius 2 is 1.76 bits per heavy atom. The molecule has 1 N–H and O–H groups in total. The van der Waals surface area contributed by atoms with E-state index in [1.54, 1.807) is 0 Å². The van der Waals surface area contributed by atoms with Gasteiger partial charge < -0.3 is 14.9 Å². The summed E-state index contributed by atoms with van der Waals surface area (Å²) in [5.74, 6) is 1.70. The maximum atomic E-state index is 13.2. The quantitative estimate of drug-likeness (QED) is 0.916. The fourth-order valence-corrected chi connectivity index (χ4v) is 6.58. The first-order valence-electron chi connectivity index (χ1n) is 9.89. The van der Waals surface area contributed by atoms with E-state index in [-0.39, 0.29) is 12.1 Å². The molecule has 2 unspecified atom stereocenters. The summed E-state index contributed by atoms with van der Waals surface area (Å²) in [6.45, 7) is 3.80. The summed E-state index contributed by atoms with van der Waals surface area (Å²) in [4.78, 5) is 17.4. The van der Waals surface area contributed by atoms with Crippen LogP contribution in [0.2, 0.25) is 0 Å². The molecule has 0 spiro atoms. The lowest BCUT2D eigenvalue weighted by Gasteiger charge is -2.59. The number of aliphatic hydroxyl groups is 1. The minimum atomic E-state index is -0.424. The average molecular weight is 340 g/mol. The van der Waals surface area contributed by atoms with E-state index in [0.29, 0.717) is 23.8 Å². The molecule has 6 rings (SSSR count). The molecule has 1 aliphatic heterocycles. The lowest BCUT2D eigenvalue weighted by molar-refractivity contribution is -0.152. The van der Waals surface area contributed by atoms with E-state index < -0.39 is 5.60 Å². The van der Waals surface area contributed by atoms with Gasteiger partial charge in [-0.1, -0.05) is 30.3 Å². The minimum absolute atomic E-state index is 0.125. The fourth-order valence-electron chi connectivity index (χ4n) is 6.58. The lowest BCUT2D eigenvalue weighted by Crippen LogP contribution is -2.62. The van der Waals surface area contributed by atoms with Gasteiger partial charge in [0.05, 0.1) is 11.6 Å². The molecule has 5 fully saturated rings. The summed E-state index contributed by atoms with van der Waals surface area (Å²) in [6, 6.07) is 11.0. The molecule has 0 radical (unpaired) electrons. The topological polar surface area (TPSA) is 43.8 Å². The summed E-state index contributed by atoms with van der Waals surface area (Å²) in [5, 5.41) is 10.8. The van der Waals surface area contributed by atoms with Crippen molar-refractivity contribution in [3.63, 3.8) is 0 Å². The molecule has 5 aliphatic rings. The monoisotopic (exact) mass is 340 g/mol. The highest BCUT2D eigenvalue weighted by atomic mass is 16.3. The van der Waals surface area contributed by atoms with Crippen molar-refractivity contribution in [2.24, 2.45) is 17.8 Å². The molecule has 1 heterocycles. The van der Waals surface area contributed by atoms with Gasteiger partial charge in [-0.3, -0.25) is 0 Å². The molecule has 3 atom stereocenters. The zero-order valence-corrected chi connectivity index (χ0v) is 15.0. The molecule has 1 saturated heterocycles. The molecule has 25 heavy (non-hydrogen) atoms. The molecular formula is C21H28N2O2. The molecule has 4 heteroatoms. The Kier molecular flexibility index (Phi) is 3.43. The van der Waals surface area contributed by atoms with Crippen molar-refractivity contribution in [3.8, 4) is 0 Å². The van der Waals surface area contributed by atoms with Crippen molar-refractivity contribution in [1.82, 2.24) is 9.80 Å². The average Bonchev–Trinajstić information content (AvgIpc) is 2.95. The number of nitrogens with zero attached hydrogens (tertiary/aromatic N) is 2. The van der Waals surface area contributed by atoms with Crippen LogP contribution in [0.5, 0.6) is 0 Å². The SMILES string of the molecule is C[C@@H](c1ccccc1)N1CCN(C2C3CC4CC2CC(O)(C4)C3)C1=O. The van der Waals surface area contributed by atoms with E-state index >= 15 is 0 Å². The van der Waals surface area contributed by atoms with E-state index in [2.05, 4.69) is 24.0 Å². The van der Waals surface area contributed by atoms with Crippen LogP contribution in [0.25, 0.3) is 0 Å². The number of urea groups is 1. The second kappa shape index (κ2) is 5.47. The van der Waals surface area contributed by atoms with Gasteiger partial charge in [0, 0.05) is 19.1 Å². The summed E-state index contributed by atoms with van der Waals surface area (Å²) in [6.07, 6.45) is 5.23. The third-order valence-electron chi connectivity index (χ3n) is 7.37. The predicted molar refractivity (Wildman–Crippen MR) is 96.0 cm³/mol. The summed E-state index contributed by atoms with van der Waals surface area (Å²) >= 11 is 0. The third-order valence-corrected chi connectivity index (χ3v) is 7.37. The minimum Gasteiger partial charge on any atom is -0.390 e. The van der Waals surface area contributed by atoms with Crippen LogP contribution in [0.1, 0.15) is 50.6 Å². The Labute approximate surface area is 149 Å². The maximum Gasteiger partial charge on any atom is 0.320 e. The van der Waals surface area contributed by atoms with E-state index in [9.17, 15) is 9.90 Å². The van der Waals surface area contributed by atoms with Gasteiger partial charge in [0.25, 0.3) is 0 Å². The number of carbonyl (C=O) groups is 1. The van der Waals surface area contributed by atoms with Crippen LogP contribution in [0.3, 0.4) is 0 Å². The van der Waals surface area contributed by atoms with E-state index in [4.69, 9.17) is 0 Å². The van der Waals surface area contributed by atoms with Gasteiger partial charge in [-0.05, 0) is 62.3 Å². The zero-order valence-electron chi connectivity index (χ0n) is 15.0. The first-order valence-corrected chi connectivity index (χ1v) is 9.89. The Bertz CT molecular complexity index is 660. The van der Waals surface area contributed by atoms with E-state index in [1.165, 1.54) is 18.4 Å². The molecule has 4 aliphatic carbocycles. The van der Waals surface area contributed by atoms with Gasteiger partial charge in [-0.2, -0.15) is 0 Å². The second-order valence-electron chi connectivity index (χ2n) is 8.94. The largest absolute Gasteiger partial charge is 0.390 e. The maximum absolute atomic E-state index is 13.2. The molecule has 0 aromatic heterocycles. The molecule has 1 aromatic carbocycles. The van der Waals surface area contributed by atoms with Crippen LogP contribution in [-0.4, -0.2) is 45.7 Å². The summed E-state index contributed by atoms with van der Waals surface area (Å²) < 4.78 is 0. The van der Waals surface area contributed by atoms with Gasteiger partial charge >= 0.3 is 6.03 Å². The Morgan fingerprint density at radius 3 is 2.40 bits per heavy atom. The van der Waals surface area contributed by atoms with Gasteiger partial charge in [-0.15, -0.1) is 0 Å². The Morgan fingerprint density at radius 1 is 1.08 bits per heavy atom. The third kappa shape index (κ3) is 2.41. The van der Waals surface area contributed by atoms with Crippen LogP contribution in [-0.2, 0) is 0 Å².